The number of halogens is 3. The summed E-state index contributed by atoms with van der Waals surface area (Å²) >= 11 is -0.0713. The van der Waals surface area contributed by atoms with Crippen molar-refractivity contribution in [1.29, 1.82) is 0 Å². The van der Waals surface area contributed by atoms with Gasteiger partial charge in [0.05, 0.1) is 0 Å². The first-order valence-corrected chi connectivity index (χ1v) is 6.43. The Labute approximate surface area is 104 Å². The summed E-state index contributed by atoms with van der Waals surface area (Å²) in [5.74, 6) is 0. The molecule has 1 N–H and O–H groups in total. The van der Waals surface area contributed by atoms with Crippen LogP contribution in [0.3, 0.4) is 0 Å². The van der Waals surface area contributed by atoms with Gasteiger partial charge in [0.1, 0.15) is 0 Å². The first-order chi connectivity index (χ1) is 8.03. The average Bonchev–Trinajstić information content (AvgIpc) is 2.24. The van der Waals surface area contributed by atoms with Gasteiger partial charge in [-0.2, -0.15) is 13.2 Å². The zero-order chi connectivity index (χ0) is 12.7. The van der Waals surface area contributed by atoms with Crippen molar-refractivity contribution in [3.8, 4) is 0 Å². The number of para-hydroxylation sites is 1. The third-order valence-corrected chi connectivity index (χ3v) is 3.02. The molecule has 0 saturated heterocycles. The fraction of sp³-hybridized carbons (Fsp3) is 0.500. The standard InChI is InChI=1S/C12H16F3NS/c1-2-3-6-9-16-10-7-4-5-8-11(10)17-12(13,14)15/h4-5,7-8,16H,2-3,6,9H2,1H3. The van der Waals surface area contributed by atoms with E-state index in [1.54, 1.807) is 18.2 Å². The Morgan fingerprint density at radius 1 is 1.18 bits per heavy atom. The highest BCUT2D eigenvalue weighted by atomic mass is 32.2. The van der Waals surface area contributed by atoms with E-state index in [-0.39, 0.29) is 16.7 Å². The van der Waals surface area contributed by atoms with Crippen molar-refractivity contribution in [1.82, 2.24) is 0 Å². The molecular formula is C12H16F3NS. The molecule has 0 aliphatic heterocycles. The molecule has 0 spiro atoms. The molecule has 0 amide bonds. The molecule has 1 aromatic rings. The van der Waals surface area contributed by atoms with Crippen LogP contribution in [0.4, 0.5) is 18.9 Å². The van der Waals surface area contributed by atoms with E-state index in [4.69, 9.17) is 0 Å². The SMILES string of the molecule is CCCCCNc1ccccc1SC(F)(F)F. The van der Waals surface area contributed by atoms with Gasteiger partial charge in [-0.1, -0.05) is 31.9 Å². The van der Waals surface area contributed by atoms with Gasteiger partial charge in [0.2, 0.25) is 0 Å². The summed E-state index contributed by atoms with van der Waals surface area (Å²) in [7, 11) is 0. The highest BCUT2D eigenvalue weighted by Crippen LogP contribution is 2.40. The molecule has 0 bridgehead atoms. The van der Waals surface area contributed by atoms with Crippen LogP contribution in [0.1, 0.15) is 26.2 Å². The predicted molar refractivity (Wildman–Crippen MR) is 66.4 cm³/mol. The molecule has 1 nitrogen and oxygen atoms in total. The first kappa shape index (κ1) is 14.2. The smallest absolute Gasteiger partial charge is 0.384 e. The zero-order valence-corrected chi connectivity index (χ0v) is 10.5. The summed E-state index contributed by atoms with van der Waals surface area (Å²) in [5.41, 5.74) is -3.67. The zero-order valence-electron chi connectivity index (χ0n) is 9.68. The third-order valence-electron chi connectivity index (χ3n) is 2.21. The van der Waals surface area contributed by atoms with Gasteiger partial charge in [0, 0.05) is 17.1 Å². The Morgan fingerprint density at radius 2 is 1.88 bits per heavy atom. The number of nitrogens with one attached hydrogen (secondary N) is 1. The lowest BCUT2D eigenvalue weighted by molar-refractivity contribution is -0.0327. The highest BCUT2D eigenvalue weighted by Gasteiger charge is 2.30. The lowest BCUT2D eigenvalue weighted by atomic mass is 10.2. The summed E-state index contributed by atoms with van der Waals surface area (Å²) in [6.45, 7) is 2.80. The maximum atomic E-state index is 12.3. The van der Waals surface area contributed by atoms with Crippen LogP contribution in [-0.4, -0.2) is 12.1 Å². The van der Waals surface area contributed by atoms with Gasteiger partial charge >= 0.3 is 5.51 Å². The maximum absolute atomic E-state index is 12.3. The normalized spacial score (nSPS) is 11.5. The molecule has 5 heteroatoms. The lowest BCUT2D eigenvalue weighted by Crippen LogP contribution is -2.05. The summed E-state index contributed by atoms with van der Waals surface area (Å²) in [6, 6.07) is 6.52. The molecule has 0 saturated carbocycles. The number of hydrogen-bond acceptors (Lipinski definition) is 2. The van der Waals surface area contributed by atoms with E-state index in [1.807, 2.05) is 0 Å². The van der Waals surface area contributed by atoms with Crippen LogP contribution in [0.2, 0.25) is 0 Å². The van der Waals surface area contributed by atoms with Gasteiger partial charge < -0.3 is 5.32 Å². The molecule has 1 aromatic carbocycles. The van der Waals surface area contributed by atoms with Gasteiger partial charge in [-0.15, -0.1) is 0 Å². The number of hydrogen-bond donors (Lipinski definition) is 1. The number of alkyl halides is 3. The topological polar surface area (TPSA) is 12.0 Å². The summed E-state index contributed by atoms with van der Waals surface area (Å²) in [6.07, 6.45) is 3.16. The van der Waals surface area contributed by atoms with E-state index in [9.17, 15) is 13.2 Å². The molecule has 1 rings (SSSR count). The van der Waals surface area contributed by atoms with Crippen LogP contribution < -0.4 is 5.32 Å². The fourth-order valence-corrected chi connectivity index (χ4v) is 2.07. The fourth-order valence-electron chi connectivity index (χ4n) is 1.42. The van der Waals surface area contributed by atoms with Crippen molar-refractivity contribution in [2.24, 2.45) is 0 Å². The van der Waals surface area contributed by atoms with Crippen molar-refractivity contribution < 1.29 is 13.2 Å². The number of unbranched alkanes of at least 4 members (excludes halogenated alkanes) is 2. The van der Waals surface area contributed by atoms with Crippen LogP contribution >= 0.6 is 11.8 Å². The summed E-state index contributed by atoms with van der Waals surface area (Å²) < 4.78 is 36.9. The molecule has 0 aromatic heterocycles. The van der Waals surface area contributed by atoms with Crippen LogP contribution in [0.15, 0.2) is 29.2 Å². The number of thioether (sulfide) groups is 1. The quantitative estimate of drug-likeness (QED) is 0.578. The van der Waals surface area contributed by atoms with Gasteiger partial charge in [-0.3, -0.25) is 0 Å². The molecule has 0 atom stereocenters. The Morgan fingerprint density at radius 3 is 2.53 bits per heavy atom. The Balaban J connectivity index is 2.58. The van der Waals surface area contributed by atoms with Crippen molar-refractivity contribution in [3.05, 3.63) is 24.3 Å². The monoisotopic (exact) mass is 263 g/mol. The maximum Gasteiger partial charge on any atom is 0.446 e. The Hall–Kier alpha value is -0.840. The van der Waals surface area contributed by atoms with Gasteiger partial charge in [0.15, 0.2) is 0 Å². The highest BCUT2D eigenvalue weighted by molar-refractivity contribution is 8.00. The van der Waals surface area contributed by atoms with E-state index < -0.39 is 5.51 Å². The molecular weight excluding hydrogens is 247 g/mol. The third kappa shape index (κ3) is 5.86. The number of anilines is 1. The summed E-state index contributed by atoms with van der Waals surface area (Å²) in [4.78, 5) is 0.233. The number of rotatable bonds is 6. The average molecular weight is 263 g/mol. The van der Waals surface area contributed by atoms with E-state index in [2.05, 4.69) is 12.2 Å². The molecule has 0 aliphatic rings. The molecule has 0 fully saturated rings. The minimum Gasteiger partial charge on any atom is -0.384 e. The largest absolute Gasteiger partial charge is 0.446 e. The van der Waals surface area contributed by atoms with Crippen molar-refractivity contribution >= 4 is 17.4 Å². The molecule has 0 radical (unpaired) electrons. The molecule has 17 heavy (non-hydrogen) atoms. The van der Waals surface area contributed by atoms with Crippen LogP contribution in [0, 0.1) is 0 Å². The summed E-state index contributed by atoms with van der Waals surface area (Å²) in [5, 5.41) is 3.05. The van der Waals surface area contributed by atoms with E-state index in [0.717, 1.165) is 19.3 Å². The minimum absolute atomic E-state index is 0.0713. The van der Waals surface area contributed by atoms with Gasteiger partial charge in [-0.05, 0) is 30.3 Å². The van der Waals surface area contributed by atoms with E-state index in [0.29, 0.717) is 12.2 Å². The molecule has 0 unspecified atom stereocenters. The molecule has 96 valence electrons. The van der Waals surface area contributed by atoms with Gasteiger partial charge in [-0.25, -0.2) is 0 Å². The minimum atomic E-state index is -4.23. The van der Waals surface area contributed by atoms with Gasteiger partial charge in [0.25, 0.3) is 0 Å². The molecule has 0 heterocycles. The van der Waals surface area contributed by atoms with Crippen molar-refractivity contribution in [2.75, 3.05) is 11.9 Å². The van der Waals surface area contributed by atoms with Crippen LogP contribution in [0.25, 0.3) is 0 Å². The van der Waals surface area contributed by atoms with Crippen LogP contribution in [-0.2, 0) is 0 Å². The number of benzene rings is 1. The van der Waals surface area contributed by atoms with Crippen molar-refractivity contribution in [2.45, 2.75) is 36.6 Å². The van der Waals surface area contributed by atoms with E-state index >= 15 is 0 Å². The molecule has 0 aliphatic carbocycles. The first-order valence-electron chi connectivity index (χ1n) is 5.61. The van der Waals surface area contributed by atoms with Crippen molar-refractivity contribution in [3.63, 3.8) is 0 Å². The van der Waals surface area contributed by atoms with E-state index in [1.165, 1.54) is 6.07 Å². The Kier molecular flexibility index (Phi) is 5.68. The second-order valence-electron chi connectivity index (χ2n) is 3.68. The Bertz CT molecular complexity index is 339. The predicted octanol–water partition coefficient (Wildman–Crippen LogP) is 4.90. The second kappa shape index (κ2) is 6.79. The second-order valence-corrected chi connectivity index (χ2v) is 4.78. The lowest BCUT2D eigenvalue weighted by Gasteiger charge is -2.12. The van der Waals surface area contributed by atoms with Crippen LogP contribution in [0.5, 0.6) is 0 Å².